The Morgan fingerprint density at radius 3 is 2.24 bits per heavy atom. The summed E-state index contributed by atoms with van der Waals surface area (Å²) in [5.41, 5.74) is 2.24. The Morgan fingerprint density at radius 2 is 1.64 bits per heavy atom. The van der Waals surface area contributed by atoms with Gasteiger partial charge < -0.3 is 20.1 Å². The molecular formula is C20H26N2O2S. The fourth-order valence-electron chi connectivity index (χ4n) is 2.35. The van der Waals surface area contributed by atoms with E-state index in [-0.39, 0.29) is 6.10 Å². The van der Waals surface area contributed by atoms with Gasteiger partial charge in [0, 0.05) is 12.2 Å². The number of rotatable bonds is 8. The van der Waals surface area contributed by atoms with Crippen LogP contribution in [0.1, 0.15) is 25.8 Å². The second kappa shape index (κ2) is 9.89. The van der Waals surface area contributed by atoms with Gasteiger partial charge in [0.1, 0.15) is 11.5 Å². The number of nitrogens with one attached hydrogen (secondary N) is 2. The minimum Gasteiger partial charge on any atom is -0.497 e. The molecule has 2 rings (SSSR count). The summed E-state index contributed by atoms with van der Waals surface area (Å²) in [4.78, 5) is 0. The molecule has 0 amide bonds. The number of hydrogen-bond donors (Lipinski definition) is 2. The van der Waals surface area contributed by atoms with Crippen molar-refractivity contribution in [3.63, 3.8) is 0 Å². The molecule has 134 valence electrons. The van der Waals surface area contributed by atoms with Crippen LogP contribution in [0.5, 0.6) is 11.5 Å². The van der Waals surface area contributed by atoms with Gasteiger partial charge in [-0.3, -0.25) is 0 Å². The maximum Gasteiger partial charge on any atom is 0.170 e. The van der Waals surface area contributed by atoms with Crippen LogP contribution < -0.4 is 20.1 Å². The van der Waals surface area contributed by atoms with Crippen LogP contribution in [0.15, 0.2) is 48.5 Å². The van der Waals surface area contributed by atoms with Crippen molar-refractivity contribution in [3.05, 3.63) is 54.1 Å². The number of anilines is 1. The van der Waals surface area contributed by atoms with Crippen LogP contribution in [0.2, 0.25) is 0 Å². The van der Waals surface area contributed by atoms with Crippen LogP contribution >= 0.6 is 12.2 Å². The third kappa shape index (κ3) is 7.01. The lowest BCUT2D eigenvalue weighted by molar-refractivity contribution is 0.242. The number of ether oxygens (including phenoxy) is 2. The molecule has 0 spiro atoms. The van der Waals surface area contributed by atoms with E-state index < -0.39 is 0 Å². The van der Waals surface area contributed by atoms with Gasteiger partial charge in [-0.05, 0) is 80.9 Å². The molecule has 0 aliphatic carbocycles. The second-order valence-corrected chi connectivity index (χ2v) is 6.43. The molecule has 0 unspecified atom stereocenters. The van der Waals surface area contributed by atoms with Crippen molar-refractivity contribution in [1.29, 1.82) is 0 Å². The summed E-state index contributed by atoms with van der Waals surface area (Å²) in [6.45, 7) is 4.85. The van der Waals surface area contributed by atoms with E-state index in [0.717, 1.165) is 36.6 Å². The third-order valence-corrected chi connectivity index (χ3v) is 3.82. The molecule has 0 heterocycles. The summed E-state index contributed by atoms with van der Waals surface area (Å²) in [6, 6.07) is 16.0. The number of thiocarbonyl (C=S) groups is 1. The largest absolute Gasteiger partial charge is 0.497 e. The minimum atomic E-state index is 0.173. The van der Waals surface area contributed by atoms with E-state index >= 15 is 0 Å². The summed E-state index contributed by atoms with van der Waals surface area (Å²) in [5.74, 6) is 1.75. The lowest BCUT2D eigenvalue weighted by Crippen LogP contribution is -2.29. The molecule has 0 aromatic heterocycles. The second-order valence-electron chi connectivity index (χ2n) is 6.02. The van der Waals surface area contributed by atoms with Crippen molar-refractivity contribution in [2.75, 3.05) is 19.0 Å². The van der Waals surface area contributed by atoms with Gasteiger partial charge in [0.05, 0.1) is 13.2 Å². The smallest absolute Gasteiger partial charge is 0.170 e. The highest BCUT2D eigenvalue weighted by Crippen LogP contribution is 2.17. The normalized spacial score (nSPS) is 10.4. The van der Waals surface area contributed by atoms with Crippen LogP contribution in [0.4, 0.5) is 5.69 Å². The molecule has 0 aliphatic rings. The standard InChI is InChI=1S/C20H26N2O2S/c1-15(2)24-19-12-8-17(9-13-19)22-20(25)21-14-4-5-16-6-10-18(23-3)11-7-16/h6-13,15H,4-5,14H2,1-3H3,(H2,21,22,25). The average Bonchev–Trinajstić information content (AvgIpc) is 2.60. The van der Waals surface area contributed by atoms with Gasteiger partial charge in [0.15, 0.2) is 5.11 Å². The van der Waals surface area contributed by atoms with Gasteiger partial charge >= 0.3 is 0 Å². The summed E-state index contributed by atoms with van der Waals surface area (Å²) >= 11 is 5.33. The quantitative estimate of drug-likeness (QED) is 0.541. The molecule has 0 saturated heterocycles. The molecule has 0 fully saturated rings. The van der Waals surface area contributed by atoms with E-state index in [4.69, 9.17) is 21.7 Å². The maximum absolute atomic E-state index is 5.63. The first-order valence-corrected chi connectivity index (χ1v) is 8.92. The molecule has 0 aliphatic heterocycles. The van der Waals surface area contributed by atoms with Crippen LogP contribution in [0.25, 0.3) is 0 Å². The van der Waals surface area contributed by atoms with Gasteiger partial charge in [-0.2, -0.15) is 0 Å². The fourth-order valence-corrected chi connectivity index (χ4v) is 2.57. The van der Waals surface area contributed by atoms with Gasteiger partial charge in [-0.25, -0.2) is 0 Å². The van der Waals surface area contributed by atoms with Crippen LogP contribution in [0, 0.1) is 0 Å². The van der Waals surface area contributed by atoms with E-state index in [1.165, 1.54) is 5.56 Å². The first-order valence-electron chi connectivity index (χ1n) is 8.51. The fraction of sp³-hybridized carbons (Fsp3) is 0.350. The highest BCUT2D eigenvalue weighted by Gasteiger charge is 2.01. The Hall–Kier alpha value is -2.27. The Kier molecular flexibility index (Phi) is 7.54. The van der Waals surface area contributed by atoms with Crippen molar-refractivity contribution >= 4 is 23.0 Å². The van der Waals surface area contributed by atoms with Gasteiger partial charge in [0.25, 0.3) is 0 Å². The third-order valence-electron chi connectivity index (χ3n) is 3.57. The molecule has 0 bridgehead atoms. The highest BCUT2D eigenvalue weighted by atomic mass is 32.1. The number of aryl methyl sites for hydroxylation is 1. The summed E-state index contributed by atoms with van der Waals surface area (Å²) < 4.78 is 10.8. The number of methoxy groups -OCH3 is 1. The predicted octanol–water partition coefficient (Wildman–Crippen LogP) is 4.40. The first-order chi connectivity index (χ1) is 12.1. The number of hydrogen-bond acceptors (Lipinski definition) is 3. The summed E-state index contributed by atoms with van der Waals surface area (Å²) in [6.07, 6.45) is 2.18. The zero-order valence-corrected chi connectivity index (χ0v) is 15.9. The maximum atomic E-state index is 5.63. The molecule has 25 heavy (non-hydrogen) atoms. The molecule has 0 radical (unpaired) electrons. The Bertz CT molecular complexity index is 654. The summed E-state index contributed by atoms with van der Waals surface area (Å²) in [5, 5.41) is 7.05. The van der Waals surface area contributed by atoms with E-state index in [1.807, 2.05) is 50.2 Å². The topological polar surface area (TPSA) is 42.5 Å². The van der Waals surface area contributed by atoms with E-state index in [9.17, 15) is 0 Å². The molecule has 5 heteroatoms. The van der Waals surface area contributed by atoms with Crippen molar-refractivity contribution < 1.29 is 9.47 Å². The molecular weight excluding hydrogens is 332 g/mol. The van der Waals surface area contributed by atoms with E-state index in [0.29, 0.717) is 5.11 Å². The van der Waals surface area contributed by atoms with E-state index in [2.05, 4.69) is 22.8 Å². The molecule has 2 aromatic rings. The SMILES string of the molecule is COc1ccc(CCCNC(=S)Nc2ccc(OC(C)C)cc2)cc1. The van der Waals surface area contributed by atoms with Crippen LogP contribution in [-0.4, -0.2) is 24.9 Å². The van der Waals surface area contributed by atoms with Crippen molar-refractivity contribution in [2.45, 2.75) is 32.8 Å². The predicted molar refractivity (Wildman–Crippen MR) is 108 cm³/mol. The molecule has 4 nitrogen and oxygen atoms in total. The number of benzene rings is 2. The molecule has 2 aromatic carbocycles. The van der Waals surface area contributed by atoms with Gasteiger partial charge in [0.2, 0.25) is 0 Å². The Balaban J connectivity index is 1.67. The van der Waals surface area contributed by atoms with Crippen molar-refractivity contribution in [1.82, 2.24) is 5.32 Å². The van der Waals surface area contributed by atoms with Crippen molar-refractivity contribution in [2.24, 2.45) is 0 Å². The minimum absolute atomic E-state index is 0.173. The first kappa shape index (κ1) is 19.1. The summed E-state index contributed by atoms with van der Waals surface area (Å²) in [7, 11) is 1.68. The lowest BCUT2D eigenvalue weighted by atomic mass is 10.1. The van der Waals surface area contributed by atoms with E-state index in [1.54, 1.807) is 7.11 Å². The lowest BCUT2D eigenvalue weighted by Gasteiger charge is -2.12. The average molecular weight is 359 g/mol. The monoisotopic (exact) mass is 358 g/mol. The van der Waals surface area contributed by atoms with Gasteiger partial charge in [-0.15, -0.1) is 0 Å². The highest BCUT2D eigenvalue weighted by molar-refractivity contribution is 7.80. The zero-order chi connectivity index (χ0) is 18.1. The Labute approximate surface area is 155 Å². The molecule has 0 saturated carbocycles. The Morgan fingerprint density at radius 1 is 1.00 bits per heavy atom. The zero-order valence-electron chi connectivity index (χ0n) is 15.0. The molecule has 2 N–H and O–H groups in total. The van der Waals surface area contributed by atoms with Gasteiger partial charge in [-0.1, -0.05) is 12.1 Å². The van der Waals surface area contributed by atoms with Crippen LogP contribution in [-0.2, 0) is 6.42 Å². The van der Waals surface area contributed by atoms with Crippen molar-refractivity contribution in [3.8, 4) is 11.5 Å². The molecule has 0 atom stereocenters. The van der Waals surface area contributed by atoms with Crippen LogP contribution in [0.3, 0.4) is 0 Å².